The Labute approximate surface area is 110 Å². The fraction of sp³-hybridized carbons (Fsp3) is 0.500. The molecule has 0 saturated carbocycles. The molecule has 0 amide bonds. The van der Waals surface area contributed by atoms with Crippen molar-refractivity contribution in [3.05, 3.63) is 16.0 Å². The summed E-state index contributed by atoms with van der Waals surface area (Å²) in [6, 6.07) is 2.10. The standard InChI is InChI=1S/C10H14N4O2S2/c1-14(2)18(15,16)13-10-8(5-11)7-3-4-12-6-9(7)17-10/h12-13H,3-4,6H2,1-2H3. The smallest absolute Gasteiger partial charge is 0.301 e. The third-order valence-corrected chi connectivity index (χ3v) is 5.44. The number of nitriles is 1. The minimum absolute atomic E-state index is 0.417. The average Bonchev–Trinajstić information content (AvgIpc) is 2.64. The van der Waals surface area contributed by atoms with Gasteiger partial charge in [0.2, 0.25) is 0 Å². The first-order chi connectivity index (χ1) is 8.45. The van der Waals surface area contributed by atoms with E-state index in [1.165, 1.54) is 25.4 Å². The minimum Gasteiger partial charge on any atom is -0.312 e. The number of hydrogen-bond acceptors (Lipinski definition) is 5. The van der Waals surface area contributed by atoms with E-state index in [9.17, 15) is 13.7 Å². The zero-order valence-electron chi connectivity index (χ0n) is 10.1. The van der Waals surface area contributed by atoms with Gasteiger partial charge in [-0.3, -0.25) is 4.72 Å². The number of anilines is 1. The van der Waals surface area contributed by atoms with E-state index in [-0.39, 0.29) is 0 Å². The summed E-state index contributed by atoms with van der Waals surface area (Å²) in [7, 11) is -0.665. The molecular formula is C10H14N4O2S2. The maximum absolute atomic E-state index is 11.8. The molecule has 2 rings (SSSR count). The number of thiophene rings is 1. The molecule has 0 atom stereocenters. The lowest BCUT2D eigenvalue weighted by molar-refractivity contribution is 0.527. The summed E-state index contributed by atoms with van der Waals surface area (Å²) in [5.74, 6) is 0. The molecule has 1 aliphatic rings. The number of nitrogens with zero attached hydrogens (tertiary/aromatic N) is 2. The van der Waals surface area contributed by atoms with Crippen molar-refractivity contribution in [2.75, 3.05) is 25.4 Å². The van der Waals surface area contributed by atoms with Gasteiger partial charge in [-0.25, -0.2) is 0 Å². The van der Waals surface area contributed by atoms with Crippen LogP contribution in [0.3, 0.4) is 0 Å². The first-order valence-electron chi connectivity index (χ1n) is 5.41. The molecule has 2 N–H and O–H groups in total. The first kappa shape index (κ1) is 13.3. The Morgan fingerprint density at radius 2 is 2.22 bits per heavy atom. The zero-order valence-corrected chi connectivity index (χ0v) is 11.8. The SMILES string of the molecule is CN(C)S(=O)(=O)Nc1sc2c(c1C#N)CCNC2. The van der Waals surface area contributed by atoms with Gasteiger partial charge in [-0.2, -0.15) is 18.0 Å². The van der Waals surface area contributed by atoms with Gasteiger partial charge in [0.15, 0.2) is 0 Å². The quantitative estimate of drug-likeness (QED) is 0.846. The summed E-state index contributed by atoms with van der Waals surface area (Å²) in [5, 5.41) is 12.8. The Hall–Kier alpha value is -1.14. The van der Waals surface area contributed by atoms with Crippen molar-refractivity contribution in [2.45, 2.75) is 13.0 Å². The van der Waals surface area contributed by atoms with Crippen LogP contribution in [0.2, 0.25) is 0 Å². The third kappa shape index (κ3) is 2.35. The summed E-state index contributed by atoms with van der Waals surface area (Å²) in [4.78, 5) is 1.04. The molecule has 18 heavy (non-hydrogen) atoms. The molecule has 0 aromatic carbocycles. The van der Waals surface area contributed by atoms with Crippen molar-refractivity contribution in [2.24, 2.45) is 0 Å². The number of fused-ring (bicyclic) bond motifs is 1. The van der Waals surface area contributed by atoms with Gasteiger partial charge in [0.05, 0.1) is 5.56 Å². The van der Waals surface area contributed by atoms with E-state index in [4.69, 9.17) is 0 Å². The van der Waals surface area contributed by atoms with Crippen LogP contribution in [0.15, 0.2) is 0 Å². The molecule has 1 aromatic rings. The summed E-state index contributed by atoms with van der Waals surface area (Å²) in [6.45, 7) is 1.51. The first-order valence-corrected chi connectivity index (χ1v) is 7.67. The van der Waals surface area contributed by atoms with Gasteiger partial charge in [0.25, 0.3) is 0 Å². The van der Waals surface area contributed by atoms with Crippen molar-refractivity contribution in [3.63, 3.8) is 0 Å². The van der Waals surface area contributed by atoms with Gasteiger partial charge in [0.1, 0.15) is 11.1 Å². The van der Waals surface area contributed by atoms with Crippen LogP contribution in [0.1, 0.15) is 16.0 Å². The highest BCUT2D eigenvalue weighted by atomic mass is 32.2. The molecule has 1 aromatic heterocycles. The van der Waals surface area contributed by atoms with E-state index < -0.39 is 10.2 Å². The molecule has 0 radical (unpaired) electrons. The van der Waals surface area contributed by atoms with E-state index in [1.54, 1.807) is 0 Å². The summed E-state index contributed by atoms with van der Waals surface area (Å²) in [5.41, 5.74) is 1.43. The third-order valence-electron chi connectivity index (χ3n) is 2.74. The largest absolute Gasteiger partial charge is 0.312 e. The molecule has 0 bridgehead atoms. The lowest BCUT2D eigenvalue weighted by atomic mass is 10.1. The highest BCUT2D eigenvalue weighted by Gasteiger charge is 2.24. The second-order valence-electron chi connectivity index (χ2n) is 4.14. The molecular weight excluding hydrogens is 272 g/mol. The predicted molar refractivity (Wildman–Crippen MR) is 70.7 cm³/mol. The van der Waals surface area contributed by atoms with Crippen molar-refractivity contribution < 1.29 is 8.42 Å². The zero-order chi connectivity index (χ0) is 13.3. The minimum atomic E-state index is -3.56. The summed E-state index contributed by atoms with van der Waals surface area (Å²) >= 11 is 1.33. The maximum Gasteiger partial charge on any atom is 0.301 e. The summed E-state index contributed by atoms with van der Waals surface area (Å²) < 4.78 is 27.1. The summed E-state index contributed by atoms with van der Waals surface area (Å²) in [6.07, 6.45) is 0.762. The number of nitrogens with one attached hydrogen (secondary N) is 2. The second-order valence-corrected chi connectivity index (χ2v) is 7.13. The van der Waals surface area contributed by atoms with Gasteiger partial charge >= 0.3 is 10.2 Å². The topological polar surface area (TPSA) is 85.2 Å². The Bertz CT molecular complexity index is 598. The molecule has 0 saturated heterocycles. The van der Waals surface area contributed by atoms with Crippen LogP contribution in [0.4, 0.5) is 5.00 Å². The fourth-order valence-corrected chi connectivity index (χ4v) is 3.75. The van der Waals surface area contributed by atoms with E-state index in [2.05, 4.69) is 16.1 Å². The molecule has 2 heterocycles. The van der Waals surface area contributed by atoms with Crippen LogP contribution >= 0.6 is 11.3 Å². The Kier molecular flexibility index (Phi) is 3.59. The molecule has 0 unspecified atom stereocenters. The predicted octanol–water partition coefficient (Wildman–Crippen LogP) is 0.484. The highest BCUT2D eigenvalue weighted by molar-refractivity contribution is 7.90. The molecule has 0 aliphatic carbocycles. The van der Waals surface area contributed by atoms with Crippen molar-refractivity contribution >= 4 is 26.5 Å². The number of rotatable bonds is 3. The van der Waals surface area contributed by atoms with Crippen molar-refractivity contribution in [1.82, 2.24) is 9.62 Å². The molecule has 98 valence electrons. The van der Waals surface area contributed by atoms with Crippen LogP contribution in [-0.2, 0) is 23.2 Å². The highest BCUT2D eigenvalue weighted by Crippen LogP contribution is 2.35. The average molecular weight is 286 g/mol. The normalized spacial score (nSPS) is 15.2. The van der Waals surface area contributed by atoms with Gasteiger partial charge in [-0.05, 0) is 18.5 Å². The monoisotopic (exact) mass is 286 g/mol. The molecule has 8 heteroatoms. The van der Waals surface area contributed by atoms with Gasteiger partial charge in [0, 0.05) is 25.5 Å². The molecule has 0 spiro atoms. The van der Waals surface area contributed by atoms with Gasteiger partial charge in [-0.1, -0.05) is 0 Å². The molecule has 1 aliphatic heterocycles. The molecule has 6 nitrogen and oxygen atoms in total. The van der Waals surface area contributed by atoms with Crippen LogP contribution in [-0.4, -0.2) is 33.4 Å². The Morgan fingerprint density at radius 1 is 1.50 bits per heavy atom. The van der Waals surface area contributed by atoms with E-state index >= 15 is 0 Å². The second kappa shape index (κ2) is 4.85. The molecule has 0 fully saturated rings. The van der Waals surface area contributed by atoms with Gasteiger partial charge in [-0.15, -0.1) is 11.3 Å². The van der Waals surface area contributed by atoms with Crippen LogP contribution in [0.25, 0.3) is 0 Å². The lowest BCUT2D eigenvalue weighted by Crippen LogP contribution is -2.28. The van der Waals surface area contributed by atoms with E-state index in [1.807, 2.05) is 0 Å². The van der Waals surface area contributed by atoms with Gasteiger partial charge < -0.3 is 5.32 Å². The van der Waals surface area contributed by atoms with E-state index in [0.29, 0.717) is 17.1 Å². The Morgan fingerprint density at radius 3 is 2.83 bits per heavy atom. The van der Waals surface area contributed by atoms with Crippen LogP contribution in [0.5, 0.6) is 0 Å². The lowest BCUT2D eigenvalue weighted by Gasteiger charge is -2.12. The van der Waals surface area contributed by atoms with Crippen LogP contribution in [0, 0.1) is 11.3 Å². The number of hydrogen-bond donors (Lipinski definition) is 2. The fourth-order valence-electron chi connectivity index (χ4n) is 1.73. The Balaban J connectivity index is 2.41. The van der Waals surface area contributed by atoms with Crippen molar-refractivity contribution in [1.29, 1.82) is 5.26 Å². The van der Waals surface area contributed by atoms with E-state index in [0.717, 1.165) is 27.7 Å². The maximum atomic E-state index is 11.8. The van der Waals surface area contributed by atoms with Crippen LogP contribution < -0.4 is 10.0 Å². The van der Waals surface area contributed by atoms with Crippen molar-refractivity contribution in [3.8, 4) is 6.07 Å².